The second-order valence-electron chi connectivity index (χ2n) is 7.74. The number of benzene rings is 1. The molecule has 2 atom stereocenters. The first-order valence-corrected chi connectivity index (χ1v) is 11.4. The van der Waals surface area contributed by atoms with Crippen LogP contribution in [0.4, 0.5) is 13.2 Å². The number of hydrogen-bond donors (Lipinski definition) is 0. The third kappa shape index (κ3) is 3.96. The zero-order valence-electron chi connectivity index (χ0n) is 16.2. The largest absolute Gasteiger partial charge is 0.486 e. The van der Waals surface area contributed by atoms with Crippen molar-refractivity contribution in [3.63, 3.8) is 0 Å². The molecule has 1 aromatic carbocycles. The van der Waals surface area contributed by atoms with Crippen LogP contribution in [0.15, 0.2) is 23.1 Å². The number of rotatable bonds is 3. The molecule has 0 aromatic heterocycles. The highest BCUT2D eigenvalue weighted by Gasteiger charge is 2.46. The zero-order valence-corrected chi connectivity index (χ0v) is 17.0. The minimum atomic E-state index is -4.37. The van der Waals surface area contributed by atoms with Crippen molar-refractivity contribution in [2.45, 2.75) is 42.8 Å². The van der Waals surface area contributed by atoms with E-state index in [-0.39, 0.29) is 37.2 Å². The number of ether oxygens (including phenoxy) is 2. The molecule has 30 heavy (non-hydrogen) atoms. The van der Waals surface area contributed by atoms with Gasteiger partial charge in [-0.15, -0.1) is 0 Å². The minimum absolute atomic E-state index is 0.0167. The predicted octanol–water partition coefficient (Wildman–Crippen LogP) is 2.41. The number of hydrogen-bond acceptors (Lipinski definition) is 5. The van der Waals surface area contributed by atoms with Crippen LogP contribution in [0.5, 0.6) is 11.5 Å². The standard InChI is InChI=1S/C19H23F3N2O5S/c20-19(21,22)13-3-1-7-23(12-13)18(25)15-4-2-8-24(15)30(26,27)14-5-6-16-17(11-14)29-10-9-28-16/h5-6,11,13,15H,1-4,7-10,12H2/t13-,15+/m0/s1. The van der Waals surface area contributed by atoms with Crippen molar-refractivity contribution in [3.05, 3.63) is 18.2 Å². The summed E-state index contributed by atoms with van der Waals surface area (Å²) in [4.78, 5) is 14.1. The molecule has 1 aromatic rings. The van der Waals surface area contributed by atoms with E-state index in [1.165, 1.54) is 23.1 Å². The first-order chi connectivity index (χ1) is 14.2. The summed E-state index contributed by atoms with van der Waals surface area (Å²) in [6.45, 7) is 0.605. The predicted molar refractivity (Wildman–Crippen MR) is 99.7 cm³/mol. The van der Waals surface area contributed by atoms with E-state index >= 15 is 0 Å². The van der Waals surface area contributed by atoms with E-state index < -0.39 is 40.6 Å². The van der Waals surface area contributed by atoms with Crippen molar-refractivity contribution in [2.75, 3.05) is 32.8 Å². The number of piperidine rings is 1. The van der Waals surface area contributed by atoms with Crippen LogP contribution < -0.4 is 9.47 Å². The van der Waals surface area contributed by atoms with Crippen LogP contribution >= 0.6 is 0 Å². The molecule has 11 heteroatoms. The summed E-state index contributed by atoms with van der Waals surface area (Å²) in [6, 6.07) is 3.27. The van der Waals surface area contributed by atoms with Crippen LogP contribution in [0.1, 0.15) is 25.7 Å². The Hall–Kier alpha value is -2.01. The third-order valence-corrected chi connectivity index (χ3v) is 7.71. The van der Waals surface area contributed by atoms with Crippen LogP contribution in [0.3, 0.4) is 0 Å². The average Bonchev–Trinajstić information content (AvgIpc) is 3.23. The second kappa shape index (κ2) is 7.92. The van der Waals surface area contributed by atoms with E-state index in [1.807, 2.05) is 0 Å². The van der Waals surface area contributed by atoms with Gasteiger partial charge < -0.3 is 14.4 Å². The molecule has 3 aliphatic rings. The number of sulfonamides is 1. The fourth-order valence-electron chi connectivity index (χ4n) is 4.25. The monoisotopic (exact) mass is 448 g/mol. The number of carbonyl (C=O) groups is 1. The Balaban J connectivity index is 1.55. The Kier molecular flexibility index (Phi) is 5.60. The first-order valence-electron chi connectivity index (χ1n) is 9.95. The molecule has 2 saturated heterocycles. The molecule has 0 aliphatic carbocycles. The highest BCUT2D eigenvalue weighted by atomic mass is 32.2. The Morgan fingerprint density at radius 2 is 1.73 bits per heavy atom. The van der Waals surface area contributed by atoms with E-state index in [4.69, 9.17) is 9.47 Å². The van der Waals surface area contributed by atoms with Crippen LogP contribution in [0, 0.1) is 5.92 Å². The van der Waals surface area contributed by atoms with Crippen LogP contribution in [-0.4, -0.2) is 68.6 Å². The summed E-state index contributed by atoms with van der Waals surface area (Å²) < 4.78 is 77.7. The molecule has 3 heterocycles. The first kappa shape index (κ1) is 21.2. The van der Waals surface area contributed by atoms with Crippen molar-refractivity contribution in [1.82, 2.24) is 9.21 Å². The normalized spacial score (nSPS) is 25.4. The molecule has 4 rings (SSSR count). The van der Waals surface area contributed by atoms with Gasteiger partial charge >= 0.3 is 6.18 Å². The van der Waals surface area contributed by atoms with Crippen molar-refractivity contribution in [3.8, 4) is 11.5 Å². The summed E-state index contributed by atoms with van der Waals surface area (Å²) >= 11 is 0. The molecule has 0 saturated carbocycles. The number of likely N-dealkylation sites (tertiary alicyclic amines) is 1. The van der Waals surface area contributed by atoms with Crippen LogP contribution in [0.2, 0.25) is 0 Å². The maximum Gasteiger partial charge on any atom is 0.393 e. The number of fused-ring (bicyclic) bond motifs is 1. The lowest BCUT2D eigenvalue weighted by Crippen LogP contribution is -2.52. The molecule has 0 radical (unpaired) electrons. The number of halogens is 3. The van der Waals surface area contributed by atoms with Gasteiger partial charge in [0.05, 0.1) is 10.8 Å². The fraction of sp³-hybridized carbons (Fsp3) is 0.632. The molecule has 166 valence electrons. The van der Waals surface area contributed by atoms with E-state index in [0.29, 0.717) is 31.1 Å². The fourth-order valence-corrected chi connectivity index (χ4v) is 5.92. The molecular formula is C19H23F3N2O5S. The summed E-state index contributed by atoms with van der Waals surface area (Å²) in [5.74, 6) is -1.36. The number of nitrogens with zero attached hydrogens (tertiary/aromatic N) is 2. The van der Waals surface area contributed by atoms with Gasteiger partial charge in [0.15, 0.2) is 11.5 Å². The molecule has 2 fully saturated rings. The number of amides is 1. The Morgan fingerprint density at radius 3 is 2.47 bits per heavy atom. The highest BCUT2D eigenvalue weighted by Crippen LogP contribution is 2.37. The number of alkyl halides is 3. The van der Waals surface area contributed by atoms with Gasteiger partial charge in [0.2, 0.25) is 15.9 Å². The molecule has 0 bridgehead atoms. The van der Waals surface area contributed by atoms with Gasteiger partial charge in [0, 0.05) is 25.7 Å². The maximum atomic E-state index is 13.2. The molecule has 0 spiro atoms. The molecule has 0 unspecified atom stereocenters. The molecular weight excluding hydrogens is 425 g/mol. The van der Waals surface area contributed by atoms with E-state index in [2.05, 4.69) is 0 Å². The Labute approximate surface area is 172 Å². The van der Waals surface area contributed by atoms with Crippen molar-refractivity contribution in [2.24, 2.45) is 5.92 Å². The summed E-state index contributed by atoms with van der Waals surface area (Å²) in [5.41, 5.74) is 0. The average molecular weight is 448 g/mol. The van der Waals surface area contributed by atoms with Gasteiger partial charge in [-0.05, 0) is 37.8 Å². The van der Waals surface area contributed by atoms with E-state index in [0.717, 1.165) is 4.31 Å². The lowest BCUT2D eigenvalue weighted by molar-refractivity contribution is -0.188. The van der Waals surface area contributed by atoms with Crippen molar-refractivity contribution >= 4 is 15.9 Å². The summed E-state index contributed by atoms with van der Waals surface area (Å²) in [6.07, 6.45) is -3.38. The quantitative estimate of drug-likeness (QED) is 0.710. The SMILES string of the molecule is O=C([C@H]1CCCN1S(=O)(=O)c1ccc2c(c1)OCCO2)N1CCC[C@H](C(F)(F)F)C1. The maximum absolute atomic E-state index is 13.2. The highest BCUT2D eigenvalue weighted by molar-refractivity contribution is 7.89. The molecule has 1 amide bonds. The summed E-state index contributed by atoms with van der Waals surface area (Å²) in [5, 5.41) is 0. The van der Waals surface area contributed by atoms with Gasteiger partial charge in [0.1, 0.15) is 19.3 Å². The molecule has 7 nitrogen and oxygen atoms in total. The van der Waals surface area contributed by atoms with Crippen molar-refractivity contribution in [1.29, 1.82) is 0 Å². The van der Waals surface area contributed by atoms with Gasteiger partial charge in [-0.2, -0.15) is 17.5 Å². The third-order valence-electron chi connectivity index (χ3n) is 5.80. The second-order valence-corrected chi connectivity index (χ2v) is 9.63. The van der Waals surface area contributed by atoms with E-state index in [1.54, 1.807) is 0 Å². The van der Waals surface area contributed by atoms with Gasteiger partial charge in [-0.1, -0.05) is 0 Å². The Bertz CT molecular complexity index is 921. The van der Waals surface area contributed by atoms with E-state index in [9.17, 15) is 26.4 Å². The molecule has 3 aliphatic heterocycles. The lowest BCUT2D eigenvalue weighted by Gasteiger charge is -2.36. The number of carbonyl (C=O) groups excluding carboxylic acids is 1. The van der Waals surface area contributed by atoms with Crippen LogP contribution in [0.25, 0.3) is 0 Å². The zero-order chi connectivity index (χ0) is 21.5. The van der Waals surface area contributed by atoms with Gasteiger partial charge in [-0.3, -0.25) is 4.79 Å². The van der Waals surface area contributed by atoms with Gasteiger partial charge in [-0.25, -0.2) is 8.42 Å². The van der Waals surface area contributed by atoms with Crippen LogP contribution in [-0.2, 0) is 14.8 Å². The van der Waals surface area contributed by atoms with Gasteiger partial charge in [0.25, 0.3) is 0 Å². The Morgan fingerprint density at radius 1 is 1.03 bits per heavy atom. The summed E-state index contributed by atoms with van der Waals surface area (Å²) in [7, 11) is -4.02. The lowest BCUT2D eigenvalue weighted by atomic mass is 9.97. The molecule has 0 N–H and O–H groups in total. The topological polar surface area (TPSA) is 76.2 Å². The van der Waals surface area contributed by atoms with Crippen molar-refractivity contribution < 1.29 is 35.9 Å². The minimum Gasteiger partial charge on any atom is -0.486 e. The smallest absolute Gasteiger partial charge is 0.393 e.